The molecule has 0 saturated carbocycles. The lowest BCUT2D eigenvalue weighted by molar-refractivity contribution is -0.133. The molecule has 3 rings (SSSR count). The lowest BCUT2D eigenvalue weighted by Gasteiger charge is -2.28. The van der Waals surface area contributed by atoms with Crippen molar-refractivity contribution < 1.29 is 14.3 Å². The molecule has 3 amide bonds. The van der Waals surface area contributed by atoms with Gasteiger partial charge in [0.2, 0.25) is 5.91 Å². The number of nitrogens with one attached hydrogen (secondary N) is 1. The highest BCUT2D eigenvalue weighted by Gasteiger charge is 2.22. The summed E-state index contributed by atoms with van der Waals surface area (Å²) in [6, 6.07) is 19.5. The van der Waals surface area contributed by atoms with Crippen LogP contribution in [0.5, 0.6) is 0 Å². The van der Waals surface area contributed by atoms with Gasteiger partial charge in [0.1, 0.15) is 6.54 Å². The lowest BCUT2D eigenvalue weighted by Crippen LogP contribution is -2.44. The first-order valence-electron chi connectivity index (χ1n) is 12.0. The minimum absolute atomic E-state index is 0.00102. The quantitative estimate of drug-likeness (QED) is 0.322. The van der Waals surface area contributed by atoms with E-state index in [2.05, 4.69) is 5.32 Å². The largest absolute Gasteiger partial charge is 0.382 e. The highest BCUT2D eigenvalue weighted by Crippen LogP contribution is 2.19. The molecule has 1 N–H and O–H groups in total. The first-order chi connectivity index (χ1) is 17.0. The van der Waals surface area contributed by atoms with Crippen LogP contribution in [-0.4, -0.2) is 48.0 Å². The fourth-order valence-corrected chi connectivity index (χ4v) is 4.44. The first-order valence-corrected chi connectivity index (χ1v) is 12.9. The average Bonchev–Trinajstić information content (AvgIpc) is 3.37. The number of benzene rings is 2. The normalized spacial score (nSPS) is 10.7. The number of aryl methyl sites for hydroxylation is 1. The molecular weight excluding hydrogens is 458 g/mol. The monoisotopic (exact) mass is 493 g/mol. The number of ether oxygens (including phenoxy) is 1. The molecule has 3 aromatic rings. The maximum Gasteiger partial charge on any atom is 0.322 e. The van der Waals surface area contributed by atoms with E-state index in [4.69, 9.17) is 4.74 Å². The summed E-state index contributed by atoms with van der Waals surface area (Å²) < 4.78 is 5.47. The predicted molar refractivity (Wildman–Crippen MR) is 143 cm³/mol. The summed E-state index contributed by atoms with van der Waals surface area (Å²) in [6.07, 6.45) is 0.658. The Balaban J connectivity index is 1.75. The van der Waals surface area contributed by atoms with E-state index in [1.54, 1.807) is 16.2 Å². The Labute approximate surface area is 212 Å². The van der Waals surface area contributed by atoms with Gasteiger partial charge in [0, 0.05) is 36.9 Å². The predicted octanol–water partition coefficient (Wildman–Crippen LogP) is 5.85. The van der Waals surface area contributed by atoms with Crippen LogP contribution in [-0.2, 0) is 22.6 Å². The molecule has 0 spiro atoms. The van der Waals surface area contributed by atoms with Crippen molar-refractivity contribution in [2.75, 3.05) is 31.6 Å². The van der Waals surface area contributed by atoms with Gasteiger partial charge in [0.15, 0.2) is 0 Å². The smallest absolute Gasteiger partial charge is 0.322 e. The Kier molecular flexibility index (Phi) is 10.3. The van der Waals surface area contributed by atoms with E-state index in [9.17, 15) is 9.59 Å². The number of anilines is 1. The number of carbonyl (C=O) groups is 2. The van der Waals surface area contributed by atoms with Crippen molar-refractivity contribution in [1.29, 1.82) is 0 Å². The van der Waals surface area contributed by atoms with Gasteiger partial charge in [-0.25, -0.2) is 4.79 Å². The molecule has 2 aromatic carbocycles. The molecule has 0 radical (unpaired) electrons. The summed E-state index contributed by atoms with van der Waals surface area (Å²) in [5.74, 6) is -0.0882. The summed E-state index contributed by atoms with van der Waals surface area (Å²) in [5, 5.41) is 5.02. The molecule has 0 aliphatic rings. The van der Waals surface area contributed by atoms with Crippen molar-refractivity contribution in [2.24, 2.45) is 0 Å². The molecule has 1 heterocycles. The third-order valence-corrected chi connectivity index (χ3v) is 6.74. The Hall–Kier alpha value is -3.16. The number of carbonyl (C=O) groups excluding carboxylic acids is 2. The van der Waals surface area contributed by atoms with Crippen LogP contribution < -0.4 is 5.32 Å². The molecular formula is C28H35N3O3S. The molecule has 6 nitrogen and oxygen atoms in total. The zero-order valence-electron chi connectivity index (χ0n) is 20.8. The van der Waals surface area contributed by atoms with Crippen molar-refractivity contribution in [3.8, 4) is 0 Å². The molecule has 7 heteroatoms. The van der Waals surface area contributed by atoms with Crippen LogP contribution in [0.2, 0.25) is 0 Å². The van der Waals surface area contributed by atoms with Gasteiger partial charge in [0.05, 0.1) is 6.54 Å². The van der Waals surface area contributed by atoms with Crippen molar-refractivity contribution in [3.63, 3.8) is 0 Å². The number of urea groups is 1. The summed E-state index contributed by atoms with van der Waals surface area (Å²) in [6.45, 7) is 8.54. The van der Waals surface area contributed by atoms with Gasteiger partial charge in [0.25, 0.3) is 0 Å². The summed E-state index contributed by atoms with van der Waals surface area (Å²) >= 11 is 1.63. The lowest BCUT2D eigenvalue weighted by atomic mass is 10.1. The van der Waals surface area contributed by atoms with Gasteiger partial charge < -0.3 is 19.9 Å². The fourth-order valence-electron chi connectivity index (χ4n) is 3.72. The molecule has 35 heavy (non-hydrogen) atoms. The third-order valence-electron chi connectivity index (χ3n) is 5.88. The van der Waals surface area contributed by atoms with Crippen LogP contribution in [0.1, 0.15) is 34.9 Å². The summed E-state index contributed by atoms with van der Waals surface area (Å²) in [4.78, 5) is 31.3. The second-order valence-electron chi connectivity index (χ2n) is 8.46. The molecule has 1 aromatic heterocycles. The number of nitrogens with zero attached hydrogens (tertiary/aromatic N) is 2. The maximum absolute atomic E-state index is 13.5. The van der Waals surface area contributed by atoms with Crippen LogP contribution in [0, 0.1) is 13.8 Å². The minimum Gasteiger partial charge on any atom is -0.382 e. The van der Waals surface area contributed by atoms with Crippen molar-refractivity contribution in [2.45, 2.75) is 40.3 Å². The molecule has 0 unspecified atom stereocenters. The van der Waals surface area contributed by atoms with E-state index >= 15 is 0 Å². The van der Waals surface area contributed by atoms with Gasteiger partial charge >= 0.3 is 6.03 Å². The molecule has 0 bridgehead atoms. The summed E-state index contributed by atoms with van der Waals surface area (Å²) in [5.41, 5.74) is 3.94. The van der Waals surface area contributed by atoms with E-state index in [0.717, 1.165) is 27.3 Å². The number of rotatable bonds is 12. The molecule has 0 saturated heterocycles. The average molecular weight is 494 g/mol. The van der Waals surface area contributed by atoms with E-state index in [0.29, 0.717) is 39.3 Å². The molecule has 0 aliphatic heterocycles. The second-order valence-corrected chi connectivity index (χ2v) is 9.50. The minimum atomic E-state index is -0.278. The van der Waals surface area contributed by atoms with Gasteiger partial charge in [-0.2, -0.15) is 0 Å². The Morgan fingerprint density at radius 3 is 2.46 bits per heavy atom. The SMILES string of the molecule is CCOCCCN(CC(=O)N(Cc1ccccc1)Cc1cccs1)C(=O)Nc1cccc(C)c1C. The van der Waals surface area contributed by atoms with Crippen LogP contribution in [0.3, 0.4) is 0 Å². The number of hydrogen-bond acceptors (Lipinski definition) is 4. The zero-order chi connectivity index (χ0) is 25.0. The van der Waals surface area contributed by atoms with Gasteiger partial charge in [-0.1, -0.05) is 48.5 Å². The fraction of sp³-hybridized carbons (Fsp3) is 0.357. The molecule has 0 aliphatic carbocycles. The second kappa shape index (κ2) is 13.7. The number of thiophene rings is 1. The van der Waals surface area contributed by atoms with E-state index < -0.39 is 0 Å². The standard InChI is InChI=1S/C28H35N3O3S/c1-4-34-17-10-16-30(28(33)29-26-15-8-11-22(2)23(26)3)21-27(32)31(20-25-14-9-18-35-25)19-24-12-6-5-7-13-24/h5-9,11-15,18H,4,10,16-17,19-21H2,1-3H3,(H,29,33). The van der Waals surface area contributed by atoms with Gasteiger partial charge in [-0.3, -0.25) is 4.79 Å². The Morgan fingerprint density at radius 1 is 0.943 bits per heavy atom. The number of amides is 3. The number of hydrogen-bond donors (Lipinski definition) is 1. The van der Waals surface area contributed by atoms with E-state index in [-0.39, 0.29) is 18.5 Å². The maximum atomic E-state index is 13.5. The van der Waals surface area contributed by atoms with E-state index in [1.165, 1.54) is 0 Å². The zero-order valence-corrected chi connectivity index (χ0v) is 21.6. The highest BCUT2D eigenvalue weighted by atomic mass is 32.1. The Bertz CT molecular complexity index is 1070. The third kappa shape index (κ3) is 8.23. The van der Waals surface area contributed by atoms with Gasteiger partial charge in [-0.05, 0) is 61.4 Å². The molecule has 0 fully saturated rings. The van der Waals surface area contributed by atoms with Crippen molar-refractivity contribution in [1.82, 2.24) is 9.80 Å². The van der Waals surface area contributed by atoms with Gasteiger partial charge in [-0.15, -0.1) is 11.3 Å². The Morgan fingerprint density at radius 2 is 1.74 bits per heavy atom. The van der Waals surface area contributed by atoms with E-state index in [1.807, 2.05) is 91.7 Å². The highest BCUT2D eigenvalue weighted by molar-refractivity contribution is 7.09. The first kappa shape index (κ1) is 26.4. The van der Waals surface area contributed by atoms with Crippen LogP contribution >= 0.6 is 11.3 Å². The van der Waals surface area contributed by atoms with Crippen molar-refractivity contribution in [3.05, 3.63) is 87.6 Å². The summed E-state index contributed by atoms with van der Waals surface area (Å²) in [7, 11) is 0. The molecule has 186 valence electrons. The van der Waals surface area contributed by atoms with Crippen LogP contribution in [0.25, 0.3) is 0 Å². The topological polar surface area (TPSA) is 61.9 Å². The van der Waals surface area contributed by atoms with Crippen LogP contribution in [0.4, 0.5) is 10.5 Å². The van der Waals surface area contributed by atoms with Crippen molar-refractivity contribution >= 4 is 29.0 Å². The molecule has 0 atom stereocenters. The van der Waals surface area contributed by atoms with Crippen LogP contribution in [0.15, 0.2) is 66.0 Å².